The second-order valence-electron chi connectivity index (χ2n) is 4.68. The van der Waals surface area contributed by atoms with Crippen LogP contribution >= 0.6 is 27.5 Å². The molecule has 0 saturated carbocycles. The molecule has 0 unspecified atom stereocenters. The van der Waals surface area contributed by atoms with Gasteiger partial charge in [-0.1, -0.05) is 45.7 Å². The number of benzene rings is 2. The minimum atomic E-state index is -0.543. The van der Waals surface area contributed by atoms with Crippen molar-refractivity contribution in [2.24, 2.45) is 5.73 Å². The van der Waals surface area contributed by atoms with Gasteiger partial charge in [-0.2, -0.15) is 0 Å². The van der Waals surface area contributed by atoms with Gasteiger partial charge in [0, 0.05) is 15.2 Å². The molecular formula is C15H12BrClN2O. The van der Waals surface area contributed by atoms with E-state index in [0.717, 1.165) is 15.7 Å². The number of amides is 1. The van der Waals surface area contributed by atoms with Gasteiger partial charge in [0.2, 0.25) is 5.91 Å². The summed E-state index contributed by atoms with van der Waals surface area (Å²) in [5.74, 6) is -0.0859. The Morgan fingerprint density at radius 1 is 1.10 bits per heavy atom. The highest BCUT2D eigenvalue weighted by atomic mass is 79.9. The van der Waals surface area contributed by atoms with Crippen molar-refractivity contribution in [2.75, 3.05) is 4.90 Å². The lowest BCUT2D eigenvalue weighted by molar-refractivity contribution is -0.126. The number of hydrogen-bond acceptors (Lipinski definition) is 2. The fraction of sp³-hybridized carbons (Fsp3) is 0.133. The van der Waals surface area contributed by atoms with Gasteiger partial charge < -0.3 is 10.6 Å². The van der Waals surface area contributed by atoms with Gasteiger partial charge in [-0.25, -0.2) is 0 Å². The standard InChI is InChI=1S/C15H12BrClN2O/c16-9-5-7-10(8-6-9)19-14(13(18)15(19)20)11-3-1-2-4-12(11)17/h1-8,13-14H,18H2/t13-,14-/m0/s1. The maximum Gasteiger partial charge on any atom is 0.247 e. The van der Waals surface area contributed by atoms with Crippen molar-refractivity contribution in [3.8, 4) is 0 Å². The van der Waals surface area contributed by atoms with Gasteiger partial charge in [-0.15, -0.1) is 0 Å². The highest BCUT2D eigenvalue weighted by Crippen LogP contribution is 2.40. The summed E-state index contributed by atoms with van der Waals surface area (Å²) in [5.41, 5.74) is 7.67. The van der Waals surface area contributed by atoms with Gasteiger partial charge >= 0.3 is 0 Å². The number of carbonyl (C=O) groups is 1. The molecule has 0 aliphatic carbocycles. The van der Waals surface area contributed by atoms with Crippen LogP contribution in [-0.2, 0) is 4.79 Å². The third-order valence-electron chi connectivity index (χ3n) is 3.47. The lowest BCUT2D eigenvalue weighted by atomic mass is 9.88. The van der Waals surface area contributed by atoms with Crippen molar-refractivity contribution < 1.29 is 4.79 Å². The van der Waals surface area contributed by atoms with Crippen molar-refractivity contribution in [2.45, 2.75) is 12.1 Å². The Bertz CT molecular complexity index is 659. The zero-order valence-corrected chi connectivity index (χ0v) is 12.8. The lowest BCUT2D eigenvalue weighted by Crippen LogP contribution is -2.63. The number of hydrogen-bond donors (Lipinski definition) is 1. The summed E-state index contributed by atoms with van der Waals surface area (Å²) < 4.78 is 0.966. The number of carbonyl (C=O) groups excluding carboxylic acids is 1. The molecule has 3 nitrogen and oxygen atoms in total. The van der Waals surface area contributed by atoms with Gasteiger partial charge in [-0.3, -0.25) is 4.79 Å². The molecule has 1 heterocycles. The van der Waals surface area contributed by atoms with E-state index >= 15 is 0 Å². The van der Waals surface area contributed by atoms with E-state index in [-0.39, 0.29) is 11.9 Å². The highest BCUT2D eigenvalue weighted by Gasteiger charge is 2.47. The number of anilines is 1. The van der Waals surface area contributed by atoms with Crippen LogP contribution in [0.5, 0.6) is 0 Å². The molecule has 1 saturated heterocycles. The van der Waals surface area contributed by atoms with Crippen LogP contribution in [0.25, 0.3) is 0 Å². The van der Waals surface area contributed by atoms with E-state index in [1.807, 2.05) is 48.5 Å². The fourth-order valence-corrected chi connectivity index (χ4v) is 2.96. The van der Waals surface area contributed by atoms with Crippen molar-refractivity contribution in [1.29, 1.82) is 0 Å². The molecule has 3 rings (SSSR count). The van der Waals surface area contributed by atoms with E-state index in [4.69, 9.17) is 17.3 Å². The molecule has 0 spiro atoms. The first-order chi connectivity index (χ1) is 9.59. The van der Waals surface area contributed by atoms with Crippen molar-refractivity contribution in [3.63, 3.8) is 0 Å². The Labute approximate surface area is 130 Å². The first-order valence-electron chi connectivity index (χ1n) is 6.18. The van der Waals surface area contributed by atoms with Crippen molar-refractivity contribution in [3.05, 3.63) is 63.6 Å². The van der Waals surface area contributed by atoms with Gasteiger partial charge in [0.05, 0.1) is 6.04 Å². The largest absolute Gasteiger partial charge is 0.318 e. The Morgan fingerprint density at radius 2 is 1.75 bits per heavy atom. The van der Waals surface area contributed by atoms with E-state index in [9.17, 15) is 4.79 Å². The zero-order valence-electron chi connectivity index (χ0n) is 10.5. The summed E-state index contributed by atoms with van der Waals surface area (Å²) in [6.45, 7) is 0. The van der Waals surface area contributed by atoms with Crippen LogP contribution in [0.15, 0.2) is 53.0 Å². The molecule has 1 amide bonds. The minimum Gasteiger partial charge on any atom is -0.318 e. The number of rotatable bonds is 2. The minimum absolute atomic E-state index is 0.0859. The maximum atomic E-state index is 12.1. The third kappa shape index (κ3) is 2.14. The monoisotopic (exact) mass is 350 g/mol. The number of β-lactam (4-membered cyclic amide) rings is 1. The quantitative estimate of drug-likeness (QED) is 0.842. The Kier molecular flexibility index (Phi) is 3.54. The van der Waals surface area contributed by atoms with Gasteiger partial charge in [0.15, 0.2) is 0 Å². The van der Waals surface area contributed by atoms with Crippen LogP contribution in [0, 0.1) is 0 Å². The van der Waals surface area contributed by atoms with E-state index in [0.29, 0.717) is 5.02 Å². The molecule has 1 aliphatic rings. The first kappa shape index (κ1) is 13.6. The summed E-state index contributed by atoms with van der Waals surface area (Å²) >= 11 is 9.61. The van der Waals surface area contributed by atoms with Gasteiger partial charge in [-0.05, 0) is 35.9 Å². The average molecular weight is 352 g/mol. The SMILES string of the molecule is N[C@@H]1C(=O)N(c2ccc(Br)cc2)[C@H]1c1ccccc1Cl. The van der Waals surface area contributed by atoms with E-state index in [1.165, 1.54) is 0 Å². The van der Waals surface area contributed by atoms with Crippen LogP contribution in [0.1, 0.15) is 11.6 Å². The molecule has 20 heavy (non-hydrogen) atoms. The Morgan fingerprint density at radius 3 is 2.40 bits per heavy atom. The lowest BCUT2D eigenvalue weighted by Gasteiger charge is -2.45. The Balaban J connectivity index is 2.00. The van der Waals surface area contributed by atoms with E-state index < -0.39 is 6.04 Å². The molecule has 5 heteroatoms. The molecule has 2 aromatic rings. The predicted molar refractivity (Wildman–Crippen MR) is 83.8 cm³/mol. The third-order valence-corrected chi connectivity index (χ3v) is 4.34. The van der Waals surface area contributed by atoms with Crippen molar-refractivity contribution >= 4 is 39.1 Å². The normalized spacial score (nSPS) is 21.8. The van der Waals surface area contributed by atoms with Crippen LogP contribution < -0.4 is 10.6 Å². The molecule has 102 valence electrons. The molecule has 1 aliphatic heterocycles. The number of nitrogens with zero attached hydrogens (tertiary/aromatic N) is 1. The molecular weight excluding hydrogens is 340 g/mol. The van der Waals surface area contributed by atoms with E-state index in [1.54, 1.807) is 4.90 Å². The van der Waals surface area contributed by atoms with Crippen LogP contribution in [-0.4, -0.2) is 11.9 Å². The first-order valence-corrected chi connectivity index (χ1v) is 7.35. The van der Waals surface area contributed by atoms with Gasteiger partial charge in [0.25, 0.3) is 0 Å². The summed E-state index contributed by atoms with van der Waals surface area (Å²) in [6.07, 6.45) is 0. The molecule has 0 radical (unpaired) electrons. The maximum absolute atomic E-state index is 12.1. The summed E-state index contributed by atoms with van der Waals surface area (Å²) in [7, 11) is 0. The molecule has 2 N–H and O–H groups in total. The van der Waals surface area contributed by atoms with E-state index in [2.05, 4.69) is 15.9 Å². The number of halogens is 2. The molecule has 1 fully saturated rings. The predicted octanol–water partition coefficient (Wildman–Crippen LogP) is 3.52. The zero-order chi connectivity index (χ0) is 14.3. The highest BCUT2D eigenvalue weighted by molar-refractivity contribution is 9.10. The summed E-state index contributed by atoms with van der Waals surface area (Å²) in [4.78, 5) is 13.8. The summed E-state index contributed by atoms with van der Waals surface area (Å²) in [5, 5.41) is 0.627. The average Bonchev–Trinajstić information content (AvgIpc) is 2.46. The van der Waals surface area contributed by atoms with Crippen LogP contribution in [0.2, 0.25) is 5.02 Å². The smallest absolute Gasteiger partial charge is 0.247 e. The molecule has 2 aromatic carbocycles. The van der Waals surface area contributed by atoms with Crippen molar-refractivity contribution in [1.82, 2.24) is 0 Å². The summed E-state index contributed by atoms with van der Waals surface area (Å²) in [6, 6.07) is 14.3. The number of nitrogens with two attached hydrogens (primary N) is 1. The van der Waals surface area contributed by atoms with Crippen LogP contribution in [0.4, 0.5) is 5.69 Å². The van der Waals surface area contributed by atoms with Gasteiger partial charge in [0.1, 0.15) is 6.04 Å². The Hall–Kier alpha value is -1.36. The second kappa shape index (κ2) is 5.20. The fourth-order valence-electron chi connectivity index (χ4n) is 2.45. The van der Waals surface area contributed by atoms with Crippen LogP contribution in [0.3, 0.4) is 0 Å². The molecule has 0 bridgehead atoms. The topological polar surface area (TPSA) is 46.3 Å². The molecule has 0 aromatic heterocycles. The second-order valence-corrected chi connectivity index (χ2v) is 6.00. The molecule has 2 atom stereocenters.